The van der Waals surface area contributed by atoms with Crippen LogP contribution in [0.15, 0.2) is 18.2 Å². The molecule has 0 aromatic heterocycles. The number of hydrogen-bond donors (Lipinski definition) is 0. The van der Waals surface area contributed by atoms with E-state index in [2.05, 4.69) is 0 Å². The molecule has 3 saturated heterocycles. The molecule has 3 fully saturated rings. The Morgan fingerprint density at radius 1 is 1.18 bits per heavy atom. The number of benzene rings is 1. The van der Waals surface area contributed by atoms with Crippen molar-refractivity contribution in [2.45, 2.75) is 63.5 Å². The molecule has 5 nitrogen and oxygen atoms in total. The zero-order valence-electron chi connectivity index (χ0n) is 16.8. The molecule has 2 unspecified atom stereocenters. The van der Waals surface area contributed by atoms with Gasteiger partial charge in [-0.3, -0.25) is 0 Å². The Bertz CT molecular complexity index is 800. The van der Waals surface area contributed by atoms with Crippen molar-refractivity contribution in [1.82, 2.24) is 8.61 Å². The largest absolute Gasteiger partial charge is 0.384 e. The number of rotatable bonds is 5. The third-order valence-electron chi connectivity index (χ3n) is 6.80. The molecule has 2 bridgehead atoms. The van der Waals surface area contributed by atoms with E-state index < -0.39 is 10.2 Å². The third-order valence-corrected chi connectivity index (χ3v) is 8.91. The van der Waals surface area contributed by atoms with Crippen LogP contribution < -0.4 is 0 Å². The number of halogens is 1. The molecule has 0 aliphatic carbocycles. The zero-order chi connectivity index (χ0) is 19.9. The van der Waals surface area contributed by atoms with Crippen LogP contribution in [0.1, 0.15) is 55.6 Å². The summed E-state index contributed by atoms with van der Waals surface area (Å²) in [4.78, 5) is 0. The van der Waals surface area contributed by atoms with E-state index in [1.807, 2.05) is 16.4 Å². The lowest BCUT2D eigenvalue weighted by Crippen LogP contribution is -2.54. The summed E-state index contributed by atoms with van der Waals surface area (Å²) in [6.45, 7) is 3.58. The van der Waals surface area contributed by atoms with E-state index >= 15 is 0 Å². The lowest BCUT2D eigenvalue weighted by atomic mass is 9.85. The van der Waals surface area contributed by atoms with Crippen LogP contribution in [0, 0.1) is 18.7 Å². The Hall–Kier alpha value is -1.02. The van der Waals surface area contributed by atoms with Gasteiger partial charge in [0.25, 0.3) is 10.2 Å². The second kappa shape index (κ2) is 8.01. The van der Waals surface area contributed by atoms with Crippen LogP contribution in [-0.2, 0) is 14.9 Å². The van der Waals surface area contributed by atoms with Crippen molar-refractivity contribution in [2.75, 3.05) is 26.8 Å². The average molecular weight is 411 g/mol. The molecule has 4 rings (SSSR count). The SMILES string of the molecule is COCC1CCCN(S(=O)(=O)N2[C@@H]3CC[C@H]2CC(c2ccc(F)c(C)c2)C3)C1. The van der Waals surface area contributed by atoms with Gasteiger partial charge in [0.15, 0.2) is 0 Å². The van der Waals surface area contributed by atoms with E-state index in [1.165, 1.54) is 0 Å². The predicted molar refractivity (Wildman–Crippen MR) is 107 cm³/mol. The Morgan fingerprint density at radius 2 is 1.89 bits per heavy atom. The predicted octanol–water partition coefficient (Wildman–Crippen LogP) is 3.45. The highest BCUT2D eigenvalue weighted by Crippen LogP contribution is 2.45. The summed E-state index contributed by atoms with van der Waals surface area (Å²) in [6, 6.07) is 5.46. The molecule has 3 aliphatic heterocycles. The van der Waals surface area contributed by atoms with Crippen molar-refractivity contribution >= 4 is 10.2 Å². The molecule has 0 spiro atoms. The van der Waals surface area contributed by atoms with Gasteiger partial charge in [0.05, 0.1) is 6.61 Å². The summed E-state index contributed by atoms with van der Waals surface area (Å²) >= 11 is 0. The summed E-state index contributed by atoms with van der Waals surface area (Å²) in [7, 11) is -1.77. The summed E-state index contributed by atoms with van der Waals surface area (Å²) in [5, 5.41) is 0. The van der Waals surface area contributed by atoms with Crippen LogP contribution in [0.2, 0.25) is 0 Å². The molecule has 3 aliphatic rings. The van der Waals surface area contributed by atoms with Crippen molar-refractivity contribution in [3.05, 3.63) is 35.1 Å². The van der Waals surface area contributed by atoms with Gasteiger partial charge in [-0.05, 0) is 74.5 Å². The minimum absolute atomic E-state index is 0.0573. The Labute approximate surface area is 168 Å². The lowest BCUT2D eigenvalue weighted by Gasteiger charge is -2.42. The first-order chi connectivity index (χ1) is 13.4. The fourth-order valence-electron chi connectivity index (χ4n) is 5.45. The van der Waals surface area contributed by atoms with Crippen molar-refractivity contribution in [1.29, 1.82) is 0 Å². The highest BCUT2D eigenvalue weighted by molar-refractivity contribution is 7.86. The molecule has 0 N–H and O–H groups in total. The van der Waals surface area contributed by atoms with Crippen LogP contribution in [0.25, 0.3) is 0 Å². The maximum atomic E-state index is 13.6. The Morgan fingerprint density at radius 3 is 2.54 bits per heavy atom. The van der Waals surface area contributed by atoms with E-state index in [-0.39, 0.29) is 23.8 Å². The van der Waals surface area contributed by atoms with Gasteiger partial charge in [0.2, 0.25) is 0 Å². The van der Waals surface area contributed by atoms with Crippen LogP contribution in [0.3, 0.4) is 0 Å². The molecule has 1 aromatic rings. The van der Waals surface area contributed by atoms with Crippen LogP contribution in [0.5, 0.6) is 0 Å². The van der Waals surface area contributed by atoms with Crippen LogP contribution in [-0.4, -0.2) is 55.9 Å². The fraction of sp³-hybridized carbons (Fsp3) is 0.714. The molecule has 7 heteroatoms. The minimum atomic E-state index is -3.44. The van der Waals surface area contributed by atoms with E-state index in [1.54, 1.807) is 24.4 Å². The standard InChI is InChI=1S/C21H31FN2O3S/c1-15-10-17(5-8-21(15)22)18-11-19-6-7-20(12-18)24(19)28(25,26)23-9-3-4-16(13-23)14-27-2/h5,8,10,16,18-20H,3-4,6-7,9,11-14H2,1-2H3/t16?,18?,19-,20+. The average Bonchev–Trinajstić information content (AvgIpc) is 2.96. The molecule has 1 aromatic carbocycles. The van der Waals surface area contributed by atoms with E-state index in [0.717, 1.165) is 44.1 Å². The van der Waals surface area contributed by atoms with E-state index in [0.29, 0.717) is 31.2 Å². The van der Waals surface area contributed by atoms with Crippen LogP contribution in [0.4, 0.5) is 4.39 Å². The van der Waals surface area contributed by atoms with Gasteiger partial charge in [-0.25, -0.2) is 4.39 Å². The molecule has 28 heavy (non-hydrogen) atoms. The summed E-state index contributed by atoms with van der Waals surface area (Å²) in [5.74, 6) is 0.416. The van der Waals surface area contributed by atoms with Crippen molar-refractivity contribution in [3.8, 4) is 0 Å². The second-order valence-electron chi connectivity index (χ2n) is 8.72. The second-order valence-corrected chi connectivity index (χ2v) is 10.6. The molecule has 0 amide bonds. The lowest BCUT2D eigenvalue weighted by molar-refractivity contribution is 0.113. The first kappa shape index (κ1) is 20.3. The van der Waals surface area contributed by atoms with Gasteiger partial charge < -0.3 is 4.74 Å². The number of aryl methyl sites for hydroxylation is 1. The summed E-state index contributed by atoms with van der Waals surface area (Å²) < 4.78 is 49.3. The summed E-state index contributed by atoms with van der Waals surface area (Å²) in [5.41, 5.74) is 1.81. The Balaban J connectivity index is 1.50. The van der Waals surface area contributed by atoms with Gasteiger partial charge in [-0.15, -0.1) is 0 Å². The number of ether oxygens (including phenoxy) is 1. The first-order valence-electron chi connectivity index (χ1n) is 10.4. The number of hydrogen-bond acceptors (Lipinski definition) is 3. The van der Waals surface area contributed by atoms with Gasteiger partial charge in [0.1, 0.15) is 5.82 Å². The van der Waals surface area contributed by atoms with Gasteiger partial charge in [-0.2, -0.15) is 17.0 Å². The quantitative estimate of drug-likeness (QED) is 0.747. The fourth-order valence-corrected chi connectivity index (χ4v) is 7.61. The smallest absolute Gasteiger partial charge is 0.282 e. The number of methoxy groups -OCH3 is 1. The molecular weight excluding hydrogens is 379 g/mol. The van der Waals surface area contributed by atoms with Gasteiger partial charge in [-0.1, -0.05) is 12.1 Å². The molecule has 156 valence electrons. The number of piperidine rings is 2. The molecule has 4 atom stereocenters. The maximum Gasteiger partial charge on any atom is 0.282 e. The molecular formula is C21H31FN2O3S. The summed E-state index contributed by atoms with van der Waals surface area (Å²) in [6.07, 6.45) is 5.44. The Kier molecular flexibility index (Phi) is 5.80. The monoisotopic (exact) mass is 410 g/mol. The first-order valence-corrected chi connectivity index (χ1v) is 11.8. The molecule has 0 saturated carbocycles. The van der Waals surface area contributed by atoms with Crippen molar-refractivity contribution in [3.63, 3.8) is 0 Å². The number of fused-ring (bicyclic) bond motifs is 2. The van der Waals surface area contributed by atoms with Crippen molar-refractivity contribution in [2.24, 2.45) is 5.92 Å². The zero-order valence-corrected chi connectivity index (χ0v) is 17.6. The van der Waals surface area contributed by atoms with E-state index in [4.69, 9.17) is 4.74 Å². The molecule has 0 radical (unpaired) electrons. The maximum absolute atomic E-state index is 13.6. The molecule has 3 heterocycles. The third kappa shape index (κ3) is 3.74. The van der Waals surface area contributed by atoms with Gasteiger partial charge in [0, 0.05) is 32.3 Å². The van der Waals surface area contributed by atoms with Gasteiger partial charge >= 0.3 is 0 Å². The highest BCUT2D eigenvalue weighted by atomic mass is 32.2. The van der Waals surface area contributed by atoms with Crippen molar-refractivity contribution < 1.29 is 17.5 Å². The number of nitrogens with zero attached hydrogens (tertiary/aromatic N) is 2. The van der Waals surface area contributed by atoms with Crippen LogP contribution >= 0.6 is 0 Å². The van der Waals surface area contributed by atoms with E-state index in [9.17, 15) is 12.8 Å². The highest BCUT2D eigenvalue weighted by Gasteiger charge is 2.49. The minimum Gasteiger partial charge on any atom is -0.384 e. The topological polar surface area (TPSA) is 49.9 Å². The normalized spacial score (nSPS) is 32.0.